The molecule has 5 nitrogen and oxygen atoms in total. The number of rotatable bonds is 4. The van der Waals surface area contributed by atoms with Gasteiger partial charge < -0.3 is 10.3 Å². The van der Waals surface area contributed by atoms with Crippen molar-refractivity contribution in [1.82, 2.24) is 9.88 Å². The summed E-state index contributed by atoms with van der Waals surface area (Å²) in [6.45, 7) is 0.308. The number of benzene rings is 1. The minimum atomic E-state index is -0.323. The quantitative estimate of drug-likeness (QED) is 0.658. The number of nitrogens with zero attached hydrogens (tertiary/aromatic N) is 2. The maximum absolute atomic E-state index is 13.1. The Morgan fingerprint density at radius 2 is 2.25 bits per heavy atom. The molecule has 0 fully saturated rings. The van der Waals surface area contributed by atoms with E-state index in [0.717, 1.165) is 5.56 Å². The van der Waals surface area contributed by atoms with Crippen LogP contribution in [-0.2, 0) is 6.54 Å². The lowest BCUT2D eigenvalue weighted by molar-refractivity contribution is 0.0785. The molecule has 0 saturated carbocycles. The van der Waals surface area contributed by atoms with E-state index >= 15 is 0 Å². The number of halogens is 1. The smallest absolute Gasteiger partial charge is 0.256 e. The summed E-state index contributed by atoms with van der Waals surface area (Å²) in [4.78, 5) is 17.7. The molecule has 0 unspecified atom stereocenters. The van der Waals surface area contributed by atoms with E-state index in [1.165, 1.54) is 29.4 Å². The fourth-order valence-electron chi connectivity index (χ4n) is 1.88. The van der Waals surface area contributed by atoms with Crippen molar-refractivity contribution < 1.29 is 9.18 Å². The first-order valence-corrected chi connectivity index (χ1v) is 6.02. The zero-order valence-electron chi connectivity index (χ0n) is 11.0. The first kappa shape index (κ1) is 14.0. The second-order valence-electron chi connectivity index (χ2n) is 4.36. The molecule has 0 aliphatic heterocycles. The lowest BCUT2D eigenvalue weighted by Crippen LogP contribution is -2.27. The van der Waals surface area contributed by atoms with Crippen LogP contribution in [0.3, 0.4) is 0 Å². The van der Waals surface area contributed by atoms with E-state index in [2.05, 4.69) is 10.4 Å². The highest BCUT2D eigenvalue weighted by Crippen LogP contribution is 2.15. The van der Waals surface area contributed by atoms with Crippen molar-refractivity contribution in [3.63, 3.8) is 0 Å². The molecule has 0 saturated heterocycles. The lowest BCUT2D eigenvalue weighted by atomic mass is 10.1. The third-order valence-electron chi connectivity index (χ3n) is 2.86. The number of nitrogens with two attached hydrogens (primary N) is 1. The van der Waals surface area contributed by atoms with E-state index in [4.69, 9.17) is 5.84 Å². The highest BCUT2D eigenvalue weighted by molar-refractivity contribution is 5.99. The SMILES string of the molecule is CN(Cc1cccc(F)c1)C(=O)c1ccncc1NN. The van der Waals surface area contributed by atoms with Gasteiger partial charge in [0.1, 0.15) is 5.82 Å². The van der Waals surface area contributed by atoms with Crippen molar-refractivity contribution in [3.8, 4) is 0 Å². The maximum Gasteiger partial charge on any atom is 0.256 e. The third-order valence-corrected chi connectivity index (χ3v) is 2.86. The van der Waals surface area contributed by atoms with Crippen LogP contribution in [-0.4, -0.2) is 22.8 Å². The van der Waals surface area contributed by atoms with Crippen LogP contribution in [0.5, 0.6) is 0 Å². The van der Waals surface area contributed by atoms with Crippen molar-refractivity contribution in [1.29, 1.82) is 0 Å². The molecule has 0 spiro atoms. The fraction of sp³-hybridized carbons (Fsp3) is 0.143. The summed E-state index contributed by atoms with van der Waals surface area (Å²) in [5.74, 6) is 4.81. The maximum atomic E-state index is 13.1. The molecule has 3 N–H and O–H groups in total. The molecule has 6 heteroatoms. The van der Waals surface area contributed by atoms with Crippen LogP contribution in [0, 0.1) is 5.82 Å². The molecule has 1 heterocycles. The molecule has 0 radical (unpaired) electrons. The average Bonchev–Trinajstić information content (AvgIpc) is 2.46. The Hall–Kier alpha value is -2.47. The minimum absolute atomic E-state index is 0.218. The molecule has 104 valence electrons. The number of carbonyl (C=O) groups excluding carboxylic acids is 1. The van der Waals surface area contributed by atoms with Crippen molar-refractivity contribution in [2.24, 2.45) is 5.84 Å². The summed E-state index contributed by atoms with van der Waals surface area (Å²) in [5.41, 5.74) is 4.02. The number of aromatic nitrogens is 1. The van der Waals surface area contributed by atoms with E-state index < -0.39 is 0 Å². The van der Waals surface area contributed by atoms with E-state index in [1.807, 2.05) is 0 Å². The predicted molar refractivity (Wildman–Crippen MR) is 74.2 cm³/mol. The van der Waals surface area contributed by atoms with Gasteiger partial charge in [0.05, 0.1) is 17.4 Å². The van der Waals surface area contributed by atoms with Crippen LogP contribution in [0.15, 0.2) is 42.7 Å². The van der Waals surface area contributed by atoms with Crippen LogP contribution < -0.4 is 11.3 Å². The van der Waals surface area contributed by atoms with Gasteiger partial charge >= 0.3 is 0 Å². The van der Waals surface area contributed by atoms with Crippen molar-refractivity contribution in [2.45, 2.75) is 6.54 Å². The molecule has 2 rings (SSSR count). The molecule has 0 bridgehead atoms. The lowest BCUT2D eigenvalue weighted by Gasteiger charge is -2.18. The third kappa shape index (κ3) is 3.10. The van der Waals surface area contributed by atoms with E-state index in [-0.39, 0.29) is 11.7 Å². The molecule has 1 amide bonds. The fourth-order valence-corrected chi connectivity index (χ4v) is 1.88. The van der Waals surface area contributed by atoms with E-state index in [1.54, 1.807) is 25.2 Å². The highest BCUT2D eigenvalue weighted by Gasteiger charge is 2.15. The van der Waals surface area contributed by atoms with Crippen LogP contribution in [0.1, 0.15) is 15.9 Å². The summed E-state index contributed by atoms with van der Waals surface area (Å²) < 4.78 is 13.1. The monoisotopic (exact) mass is 274 g/mol. The molecule has 1 aromatic carbocycles. The largest absolute Gasteiger partial charge is 0.337 e. The molecule has 0 aliphatic carbocycles. The normalized spacial score (nSPS) is 10.2. The Balaban J connectivity index is 2.16. The molecular weight excluding hydrogens is 259 g/mol. The number of anilines is 1. The molecular formula is C14H15FN4O. The Labute approximate surface area is 116 Å². The van der Waals surface area contributed by atoms with Crippen molar-refractivity contribution >= 4 is 11.6 Å². The van der Waals surface area contributed by atoms with Crippen LogP contribution >= 0.6 is 0 Å². The van der Waals surface area contributed by atoms with Gasteiger partial charge in [-0.2, -0.15) is 0 Å². The van der Waals surface area contributed by atoms with Gasteiger partial charge in [-0.05, 0) is 23.8 Å². The second kappa shape index (κ2) is 6.12. The first-order chi connectivity index (χ1) is 9.61. The number of amides is 1. The standard InChI is InChI=1S/C14H15FN4O/c1-19(9-10-3-2-4-11(15)7-10)14(20)12-5-6-17-8-13(12)18-16/h2-8,18H,9,16H2,1H3. The van der Waals surface area contributed by atoms with Gasteiger partial charge in [-0.15, -0.1) is 0 Å². The Kier molecular flexibility index (Phi) is 4.27. The summed E-state index contributed by atoms with van der Waals surface area (Å²) in [7, 11) is 1.65. The van der Waals surface area contributed by atoms with Gasteiger partial charge in [0.25, 0.3) is 5.91 Å². The molecule has 20 heavy (non-hydrogen) atoms. The number of carbonyl (C=O) groups is 1. The average molecular weight is 274 g/mol. The summed E-state index contributed by atoms with van der Waals surface area (Å²) in [6, 6.07) is 7.73. The number of nitrogen functional groups attached to an aromatic ring is 1. The highest BCUT2D eigenvalue weighted by atomic mass is 19.1. The van der Waals surface area contributed by atoms with Gasteiger partial charge in [0.2, 0.25) is 0 Å². The zero-order chi connectivity index (χ0) is 14.5. The van der Waals surface area contributed by atoms with Crippen LogP contribution in [0.25, 0.3) is 0 Å². The Morgan fingerprint density at radius 3 is 2.95 bits per heavy atom. The zero-order valence-corrected chi connectivity index (χ0v) is 11.0. The van der Waals surface area contributed by atoms with Gasteiger partial charge in [-0.3, -0.25) is 15.6 Å². The first-order valence-electron chi connectivity index (χ1n) is 6.02. The van der Waals surface area contributed by atoms with E-state index in [0.29, 0.717) is 17.8 Å². The summed E-state index contributed by atoms with van der Waals surface area (Å²) in [5, 5.41) is 0. The molecule has 0 atom stereocenters. The van der Waals surface area contributed by atoms with Gasteiger partial charge in [0.15, 0.2) is 0 Å². The Bertz CT molecular complexity index is 618. The predicted octanol–water partition coefficient (Wildman–Crippen LogP) is 1.78. The number of pyridine rings is 1. The van der Waals surface area contributed by atoms with Crippen molar-refractivity contribution in [3.05, 3.63) is 59.7 Å². The Morgan fingerprint density at radius 1 is 1.45 bits per heavy atom. The minimum Gasteiger partial charge on any atom is -0.337 e. The summed E-state index contributed by atoms with van der Waals surface area (Å²) >= 11 is 0. The van der Waals surface area contributed by atoms with Gasteiger partial charge in [-0.25, -0.2) is 4.39 Å². The topological polar surface area (TPSA) is 71.2 Å². The van der Waals surface area contributed by atoms with Crippen molar-refractivity contribution in [2.75, 3.05) is 12.5 Å². The second-order valence-corrected chi connectivity index (χ2v) is 4.36. The number of hydrazine groups is 1. The van der Waals surface area contributed by atoms with Gasteiger partial charge in [-0.1, -0.05) is 12.1 Å². The summed E-state index contributed by atoms with van der Waals surface area (Å²) in [6.07, 6.45) is 2.99. The van der Waals surface area contributed by atoms with Crippen LogP contribution in [0.4, 0.5) is 10.1 Å². The molecule has 2 aromatic rings. The number of nitrogens with one attached hydrogen (secondary N) is 1. The number of hydrogen-bond donors (Lipinski definition) is 2. The van der Waals surface area contributed by atoms with Crippen LogP contribution in [0.2, 0.25) is 0 Å². The van der Waals surface area contributed by atoms with Gasteiger partial charge in [0, 0.05) is 19.8 Å². The van der Waals surface area contributed by atoms with E-state index in [9.17, 15) is 9.18 Å². The molecule has 0 aliphatic rings. The number of hydrogen-bond acceptors (Lipinski definition) is 4. The molecule has 1 aromatic heterocycles.